The third kappa shape index (κ3) is 5.37. The second-order valence-corrected chi connectivity index (χ2v) is 8.82. The molecule has 1 saturated heterocycles. The fourth-order valence-corrected chi connectivity index (χ4v) is 4.93. The molecule has 0 bridgehead atoms. The van der Waals surface area contributed by atoms with Crippen molar-refractivity contribution in [1.82, 2.24) is 20.0 Å². The van der Waals surface area contributed by atoms with Gasteiger partial charge in [-0.15, -0.1) is 11.3 Å². The Kier molecular flexibility index (Phi) is 5.67. The SMILES string of the molecule is Cn1cc(NC(=O)c2csc(C3CC3NC3CCN(CC(F)(F)F)CC3)c2)cn1. The minimum Gasteiger partial charge on any atom is -0.319 e. The number of nitrogens with zero attached hydrogens (tertiary/aromatic N) is 3. The highest BCUT2D eigenvalue weighted by Crippen LogP contribution is 2.44. The maximum atomic E-state index is 12.5. The number of anilines is 1. The van der Waals surface area contributed by atoms with E-state index in [2.05, 4.69) is 15.7 Å². The van der Waals surface area contributed by atoms with E-state index in [0.717, 1.165) is 19.3 Å². The third-order valence-electron chi connectivity index (χ3n) is 5.44. The molecule has 1 amide bonds. The van der Waals surface area contributed by atoms with Crippen LogP contribution in [0.5, 0.6) is 0 Å². The zero-order valence-electron chi connectivity index (χ0n) is 16.1. The number of likely N-dealkylation sites (tertiary alicyclic amines) is 1. The van der Waals surface area contributed by atoms with Gasteiger partial charge in [-0.05, 0) is 38.4 Å². The van der Waals surface area contributed by atoms with Crippen molar-refractivity contribution in [2.45, 2.75) is 43.4 Å². The number of piperidine rings is 1. The molecule has 6 nitrogen and oxygen atoms in total. The molecule has 10 heteroatoms. The molecule has 2 atom stereocenters. The number of amides is 1. The number of nitrogens with one attached hydrogen (secondary N) is 2. The lowest BCUT2D eigenvalue weighted by Gasteiger charge is -2.33. The Labute approximate surface area is 171 Å². The van der Waals surface area contributed by atoms with Crippen molar-refractivity contribution >= 4 is 22.9 Å². The van der Waals surface area contributed by atoms with Gasteiger partial charge in [0.2, 0.25) is 0 Å². The van der Waals surface area contributed by atoms with Crippen LogP contribution in [-0.2, 0) is 7.05 Å². The number of hydrogen-bond acceptors (Lipinski definition) is 5. The van der Waals surface area contributed by atoms with Gasteiger partial charge in [0.05, 0.1) is 24.0 Å². The van der Waals surface area contributed by atoms with Gasteiger partial charge in [-0.3, -0.25) is 14.4 Å². The normalized spacial score (nSPS) is 23.3. The summed E-state index contributed by atoms with van der Waals surface area (Å²) in [4.78, 5) is 15.0. The molecule has 0 aromatic carbocycles. The van der Waals surface area contributed by atoms with Gasteiger partial charge in [-0.25, -0.2) is 0 Å². The molecular weight excluding hydrogens is 403 g/mol. The quantitative estimate of drug-likeness (QED) is 0.743. The number of hydrogen-bond donors (Lipinski definition) is 2. The molecule has 2 aliphatic rings. The molecular formula is C19H24F3N5OS. The smallest absolute Gasteiger partial charge is 0.319 e. The van der Waals surface area contributed by atoms with Crippen molar-refractivity contribution in [3.05, 3.63) is 34.3 Å². The van der Waals surface area contributed by atoms with E-state index in [1.807, 2.05) is 11.4 Å². The molecule has 0 spiro atoms. The van der Waals surface area contributed by atoms with Crippen LogP contribution in [0.4, 0.5) is 18.9 Å². The topological polar surface area (TPSA) is 62.2 Å². The van der Waals surface area contributed by atoms with Crippen LogP contribution >= 0.6 is 11.3 Å². The Hall–Kier alpha value is -1.91. The number of alkyl halides is 3. The van der Waals surface area contributed by atoms with Crippen molar-refractivity contribution in [2.75, 3.05) is 25.0 Å². The van der Waals surface area contributed by atoms with Crippen molar-refractivity contribution in [1.29, 1.82) is 0 Å². The fourth-order valence-electron chi connectivity index (χ4n) is 3.86. The zero-order valence-corrected chi connectivity index (χ0v) is 16.9. The average molecular weight is 427 g/mol. The van der Waals surface area contributed by atoms with Gasteiger partial charge in [0.15, 0.2) is 0 Å². The first kappa shape index (κ1) is 20.4. The van der Waals surface area contributed by atoms with Gasteiger partial charge in [-0.1, -0.05) is 0 Å². The average Bonchev–Trinajstić information content (AvgIpc) is 3.03. The first-order chi connectivity index (χ1) is 13.8. The monoisotopic (exact) mass is 427 g/mol. The highest BCUT2D eigenvalue weighted by molar-refractivity contribution is 7.10. The van der Waals surface area contributed by atoms with E-state index in [4.69, 9.17) is 0 Å². The first-order valence-electron chi connectivity index (χ1n) is 9.70. The van der Waals surface area contributed by atoms with Gasteiger partial charge >= 0.3 is 6.18 Å². The first-order valence-corrected chi connectivity index (χ1v) is 10.6. The highest BCUT2D eigenvalue weighted by atomic mass is 32.1. The van der Waals surface area contributed by atoms with Gasteiger partial charge in [-0.2, -0.15) is 18.3 Å². The number of thiophene rings is 1. The predicted molar refractivity (Wildman–Crippen MR) is 105 cm³/mol. The lowest BCUT2D eigenvalue weighted by molar-refractivity contribution is -0.148. The molecule has 2 unspecified atom stereocenters. The number of halogens is 3. The Morgan fingerprint density at radius 3 is 2.76 bits per heavy atom. The molecule has 158 valence electrons. The Balaban J connectivity index is 1.23. The van der Waals surface area contributed by atoms with Crippen LogP contribution in [0.15, 0.2) is 23.8 Å². The summed E-state index contributed by atoms with van der Waals surface area (Å²) in [5.74, 6) is 0.232. The Morgan fingerprint density at radius 1 is 1.34 bits per heavy atom. The van der Waals surface area contributed by atoms with Crippen LogP contribution in [0.2, 0.25) is 0 Å². The van der Waals surface area contributed by atoms with Crippen LogP contribution < -0.4 is 10.6 Å². The van der Waals surface area contributed by atoms with Crippen LogP contribution in [0.25, 0.3) is 0 Å². The summed E-state index contributed by atoms with van der Waals surface area (Å²) >= 11 is 1.58. The highest BCUT2D eigenvalue weighted by Gasteiger charge is 2.41. The number of rotatable bonds is 6. The number of aromatic nitrogens is 2. The minimum absolute atomic E-state index is 0.150. The number of carbonyl (C=O) groups excluding carboxylic acids is 1. The van der Waals surface area contributed by atoms with Crippen LogP contribution in [0.3, 0.4) is 0 Å². The molecule has 1 aliphatic carbocycles. The molecule has 2 aromatic heterocycles. The van der Waals surface area contributed by atoms with E-state index < -0.39 is 12.7 Å². The molecule has 3 heterocycles. The Morgan fingerprint density at radius 2 is 2.10 bits per heavy atom. The maximum Gasteiger partial charge on any atom is 0.401 e. The summed E-state index contributed by atoms with van der Waals surface area (Å²) in [5, 5.41) is 12.3. The second-order valence-electron chi connectivity index (χ2n) is 7.88. The standard InChI is InChI=1S/C19H24F3N5OS/c1-26-9-14(8-23-26)25-18(28)12-6-17(29-10-12)15-7-16(15)24-13-2-4-27(5-3-13)11-19(20,21)22/h6,8-10,13,15-16,24H,2-5,7,11H2,1H3,(H,25,28). The Bertz CT molecular complexity index is 856. The zero-order chi connectivity index (χ0) is 20.6. The van der Waals surface area contributed by atoms with Crippen molar-refractivity contribution in [2.24, 2.45) is 7.05 Å². The van der Waals surface area contributed by atoms with Crippen LogP contribution in [-0.4, -0.2) is 58.5 Å². The van der Waals surface area contributed by atoms with E-state index >= 15 is 0 Å². The summed E-state index contributed by atoms with van der Waals surface area (Å²) in [6.45, 7) is 0.142. The van der Waals surface area contributed by atoms with Gasteiger partial charge in [0.25, 0.3) is 5.91 Å². The third-order valence-corrected chi connectivity index (χ3v) is 6.51. The summed E-state index contributed by atoms with van der Waals surface area (Å²) in [6, 6.07) is 2.55. The van der Waals surface area contributed by atoms with E-state index in [1.165, 1.54) is 9.78 Å². The van der Waals surface area contributed by atoms with Crippen molar-refractivity contribution in [3.8, 4) is 0 Å². The van der Waals surface area contributed by atoms with Crippen LogP contribution in [0, 0.1) is 0 Å². The molecule has 1 saturated carbocycles. The van der Waals surface area contributed by atoms with E-state index in [1.54, 1.807) is 35.5 Å². The second kappa shape index (κ2) is 8.08. The van der Waals surface area contributed by atoms with Gasteiger partial charge in [0.1, 0.15) is 0 Å². The van der Waals surface area contributed by atoms with Crippen LogP contribution in [0.1, 0.15) is 40.4 Å². The number of aryl methyl sites for hydroxylation is 1. The molecule has 0 radical (unpaired) electrons. The summed E-state index contributed by atoms with van der Waals surface area (Å²) in [5.41, 5.74) is 1.30. The predicted octanol–water partition coefficient (Wildman–Crippen LogP) is 3.21. The molecule has 2 N–H and O–H groups in total. The van der Waals surface area contributed by atoms with E-state index in [9.17, 15) is 18.0 Å². The van der Waals surface area contributed by atoms with E-state index in [0.29, 0.717) is 36.3 Å². The van der Waals surface area contributed by atoms with Crippen molar-refractivity contribution in [3.63, 3.8) is 0 Å². The number of carbonyl (C=O) groups is 1. The molecule has 2 fully saturated rings. The van der Waals surface area contributed by atoms with Gasteiger partial charge < -0.3 is 10.6 Å². The molecule has 2 aromatic rings. The molecule has 1 aliphatic heterocycles. The minimum atomic E-state index is -4.12. The molecule has 29 heavy (non-hydrogen) atoms. The van der Waals surface area contributed by atoms with E-state index in [-0.39, 0.29) is 11.9 Å². The largest absolute Gasteiger partial charge is 0.401 e. The fraction of sp³-hybridized carbons (Fsp3) is 0.579. The lowest BCUT2D eigenvalue weighted by atomic mass is 10.0. The summed E-state index contributed by atoms with van der Waals surface area (Å²) in [7, 11) is 1.79. The van der Waals surface area contributed by atoms with Gasteiger partial charge in [0, 0.05) is 41.5 Å². The van der Waals surface area contributed by atoms with Crippen molar-refractivity contribution < 1.29 is 18.0 Å². The maximum absolute atomic E-state index is 12.5. The summed E-state index contributed by atoms with van der Waals surface area (Å²) in [6.07, 6.45) is 1.71. The summed E-state index contributed by atoms with van der Waals surface area (Å²) < 4.78 is 39.1. The lowest BCUT2D eigenvalue weighted by Crippen LogP contribution is -2.46. The molecule has 4 rings (SSSR count).